The molecule has 20 heavy (non-hydrogen) atoms. The van der Waals surface area contributed by atoms with Crippen LogP contribution < -0.4 is 0 Å². The molecule has 2 saturated heterocycles. The average molecular weight is 300 g/mol. The van der Waals surface area contributed by atoms with Gasteiger partial charge in [0.15, 0.2) is 0 Å². The van der Waals surface area contributed by atoms with Crippen LogP contribution in [0.3, 0.4) is 0 Å². The van der Waals surface area contributed by atoms with Crippen molar-refractivity contribution in [1.82, 2.24) is 9.80 Å². The molecular weight excluding hydrogens is 280 g/mol. The summed E-state index contributed by atoms with van der Waals surface area (Å²) < 4.78 is 4.60. The SMILES string of the molecule is CCN(CC(=O)OC)C(=O)C1CSC2(C)CCC(=O)N12. The van der Waals surface area contributed by atoms with Gasteiger partial charge >= 0.3 is 5.97 Å². The highest BCUT2D eigenvalue weighted by molar-refractivity contribution is 8.01. The molecule has 2 amide bonds. The van der Waals surface area contributed by atoms with Crippen LogP contribution in [0.4, 0.5) is 0 Å². The highest BCUT2D eigenvalue weighted by atomic mass is 32.2. The third-order valence-corrected chi connectivity index (χ3v) is 5.48. The number of ether oxygens (including phenoxy) is 1. The molecule has 0 aliphatic carbocycles. The summed E-state index contributed by atoms with van der Waals surface area (Å²) in [6.45, 7) is 4.18. The molecule has 2 unspecified atom stereocenters. The molecule has 2 aliphatic heterocycles. The van der Waals surface area contributed by atoms with E-state index in [1.54, 1.807) is 16.7 Å². The number of rotatable bonds is 4. The Bertz CT molecular complexity index is 442. The lowest BCUT2D eigenvalue weighted by molar-refractivity contribution is -0.150. The maximum atomic E-state index is 12.6. The number of amides is 2. The first-order valence-electron chi connectivity index (χ1n) is 6.74. The zero-order chi connectivity index (χ0) is 14.9. The predicted molar refractivity (Wildman–Crippen MR) is 75.0 cm³/mol. The van der Waals surface area contributed by atoms with Crippen molar-refractivity contribution in [3.8, 4) is 0 Å². The molecule has 6 nitrogen and oxygen atoms in total. The summed E-state index contributed by atoms with van der Waals surface area (Å²) in [6, 6.07) is -0.454. The summed E-state index contributed by atoms with van der Waals surface area (Å²) in [7, 11) is 1.30. The van der Waals surface area contributed by atoms with Crippen LogP contribution in [0.5, 0.6) is 0 Å². The molecule has 0 bridgehead atoms. The van der Waals surface area contributed by atoms with Gasteiger partial charge in [0, 0.05) is 18.7 Å². The van der Waals surface area contributed by atoms with Crippen molar-refractivity contribution in [2.75, 3.05) is 26.0 Å². The Labute approximate surface area is 122 Å². The Morgan fingerprint density at radius 3 is 2.85 bits per heavy atom. The average Bonchev–Trinajstić information content (AvgIpc) is 2.92. The van der Waals surface area contributed by atoms with Gasteiger partial charge in [-0.05, 0) is 20.3 Å². The van der Waals surface area contributed by atoms with Crippen LogP contribution >= 0.6 is 11.8 Å². The van der Waals surface area contributed by atoms with E-state index < -0.39 is 12.0 Å². The molecule has 2 aliphatic rings. The van der Waals surface area contributed by atoms with Gasteiger partial charge in [-0.25, -0.2) is 0 Å². The van der Waals surface area contributed by atoms with Crippen LogP contribution in [-0.2, 0) is 19.1 Å². The van der Waals surface area contributed by atoms with Crippen LogP contribution in [0.15, 0.2) is 0 Å². The molecule has 0 aromatic heterocycles. The lowest BCUT2D eigenvalue weighted by atomic mass is 10.2. The number of carbonyl (C=O) groups is 3. The number of methoxy groups -OCH3 is 1. The minimum absolute atomic E-state index is 0.0324. The van der Waals surface area contributed by atoms with E-state index in [2.05, 4.69) is 4.74 Å². The van der Waals surface area contributed by atoms with Crippen molar-refractivity contribution in [3.05, 3.63) is 0 Å². The second-order valence-electron chi connectivity index (χ2n) is 5.19. The predicted octanol–water partition coefficient (Wildman–Crippen LogP) is 0.462. The van der Waals surface area contributed by atoms with Crippen LogP contribution in [0.1, 0.15) is 26.7 Å². The first-order chi connectivity index (χ1) is 9.42. The number of esters is 1. The van der Waals surface area contributed by atoms with Crippen LogP contribution in [-0.4, -0.2) is 64.4 Å². The zero-order valence-corrected chi connectivity index (χ0v) is 12.9. The van der Waals surface area contributed by atoms with Gasteiger partial charge in [-0.15, -0.1) is 11.8 Å². The summed E-state index contributed by atoms with van der Waals surface area (Å²) in [5, 5.41) is 0. The second-order valence-corrected chi connectivity index (χ2v) is 6.70. The van der Waals surface area contributed by atoms with Gasteiger partial charge in [-0.3, -0.25) is 14.4 Å². The van der Waals surface area contributed by atoms with Crippen LogP contribution in [0, 0.1) is 0 Å². The molecule has 0 aromatic rings. The molecular formula is C13H20N2O4S. The minimum atomic E-state index is -0.454. The highest BCUT2D eigenvalue weighted by Crippen LogP contribution is 2.47. The zero-order valence-electron chi connectivity index (χ0n) is 12.0. The van der Waals surface area contributed by atoms with E-state index in [1.165, 1.54) is 12.0 Å². The fourth-order valence-corrected chi connectivity index (χ4v) is 4.20. The van der Waals surface area contributed by atoms with E-state index in [0.717, 1.165) is 6.42 Å². The minimum Gasteiger partial charge on any atom is -0.468 e. The maximum absolute atomic E-state index is 12.6. The van der Waals surface area contributed by atoms with E-state index in [-0.39, 0.29) is 23.2 Å². The molecule has 2 atom stereocenters. The first kappa shape index (κ1) is 15.2. The summed E-state index contributed by atoms with van der Waals surface area (Å²) in [5.74, 6) is 0.0226. The number of likely N-dealkylation sites (N-methyl/N-ethyl adjacent to an activating group) is 1. The molecule has 0 aromatic carbocycles. The smallest absolute Gasteiger partial charge is 0.325 e. The summed E-state index contributed by atoms with van der Waals surface area (Å²) in [5.41, 5.74) is 0. The normalized spacial score (nSPS) is 28.4. The fraction of sp³-hybridized carbons (Fsp3) is 0.769. The van der Waals surface area contributed by atoms with E-state index in [0.29, 0.717) is 18.7 Å². The standard InChI is InChI=1S/C13H20N2O4S/c1-4-14(7-11(17)19-3)12(18)9-8-20-13(2)6-5-10(16)15(9)13/h9H,4-8H2,1-3H3. The molecule has 0 radical (unpaired) electrons. The topological polar surface area (TPSA) is 66.9 Å². The van der Waals surface area contributed by atoms with E-state index >= 15 is 0 Å². The third kappa shape index (κ3) is 2.51. The van der Waals surface area contributed by atoms with Gasteiger partial charge in [0.25, 0.3) is 0 Å². The van der Waals surface area contributed by atoms with Gasteiger partial charge in [-0.1, -0.05) is 0 Å². The van der Waals surface area contributed by atoms with Crippen LogP contribution in [0.25, 0.3) is 0 Å². The van der Waals surface area contributed by atoms with Gasteiger partial charge in [-0.2, -0.15) is 0 Å². The molecule has 112 valence electrons. The fourth-order valence-electron chi connectivity index (χ4n) is 2.78. The maximum Gasteiger partial charge on any atom is 0.325 e. The molecule has 0 saturated carbocycles. The Hall–Kier alpha value is -1.24. The van der Waals surface area contributed by atoms with E-state index in [1.807, 2.05) is 13.8 Å². The van der Waals surface area contributed by atoms with Gasteiger partial charge in [0.2, 0.25) is 11.8 Å². The number of hydrogen-bond acceptors (Lipinski definition) is 5. The summed E-state index contributed by atoms with van der Waals surface area (Å²) >= 11 is 1.65. The Morgan fingerprint density at radius 2 is 2.25 bits per heavy atom. The first-order valence-corrected chi connectivity index (χ1v) is 7.73. The molecule has 2 fully saturated rings. The molecule has 2 heterocycles. The Morgan fingerprint density at radius 1 is 1.55 bits per heavy atom. The Balaban J connectivity index is 2.12. The number of fused-ring (bicyclic) bond motifs is 1. The molecule has 2 rings (SSSR count). The van der Waals surface area contributed by atoms with E-state index in [4.69, 9.17) is 0 Å². The van der Waals surface area contributed by atoms with Crippen molar-refractivity contribution in [1.29, 1.82) is 0 Å². The Kier molecular flexibility index (Phi) is 4.27. The van der Waals surface area contributed by atoms with Crippen molar-refractivity contribution in [3.63, 3.8) is 0 Å². The molecule has 0 spiro atoms. The lowest BCUT2D eigenvalue weighted by Gasteiger charge is -2.32. The van der Waals surface area contributed by atoms with Crippen molar-refractivity contribution < 1.29 is 19.1 Å². The number of nitrogens with zero attached hydrogens (tertiary/aromatic N) is 2. The lowest BCUT2D eigenvalue weighted by Crippen LogP contribution is -2.52. The van der Waals surface area contributed by atoms with Crippen molar-refractivity contribution in [2.24, 2.45) is 0 Å². The molecule has 0 N–H and O–H groups in total. The summed E-state index contributed by atoms with van der Waals surface area (Å²) in [6.07, 6.45) is 1.28. The van der Waals surface area contributed by atoms with Gasteiger partial charge < -0.3 is 14.5 Å². The van der Waals surface area contributed by atoms with Crippen molar-refractivity contribution in [2.45, 2.75) is 37.6 Å². The van der Waals surface area contributed by atoms with Crippen LogP contribution in [0.2, 0.25) is 0 Å². The number of hydrogen-bond donors (Lipinski definition) is 0. The van der Waals surface area contributed by atoms with Gasteiger partial charge in [0.1, 0.15) is 12.6 Å². The largest absolute Gasteiger partial charge is 0.468 e. The quantitative estimate of drug-likeness (QED) is 0.706. The van der Waals surface area contributed by atoms with E-state index in [9.17, 15) is 14.4 Å². The van der Waals surface area contributed by atoms with Gasteiger partial charge in [0.05, 0.1) is 12.0 Å². The number of thioether (sulfide) groups is 1. The monoisotopic (exact) mass is 300 g/mol. The third-order valence-electron chi connectivity index (χ3n) is 3.97. The summed E-state index contributed by atoms with van der Waals surface area (Å²) in [4.78, 5) is 38.8. The van der Waals surface area contributed by atoms with Crippen molar-refractivity contribution >= 4 is 29.5 Å². The highest BCUT2D eigenvalue weighted by Gasteiger charge is 2.53. The number of carbonyl (C=O) groups excluding carboxylic acids is 3. The second kappa shape index (κ2) is 5.63. The molecule has 7 heteroatoms.